The highest BCUT2D eigenvalue weighted by Crippen LogP contribution is 2.13. The van der Waals surface area contributed by atoms with Crippen LogP contribution < -0.4 is 5.32 Å². The lowest BCUT2D eigenvalue weighted by molar-refractivity contribution is -0.143. The zero-order chi connectivity index (χ0) is 15.5. The Balaban J connectivity index is 1.51. The van der Waals surface area contributed by atoms with Gasteiger partial charge in [0.25, 0.3) is 0 Å². The summed E-state index contributed by atoms with van der Waals surface area (Å²) in [4.78, 5) is 28.4. The van der Waals surface area contributed by atoms with E-state index in [4.69, 9.17) is 0 Å². The molecule has 2 aliphatic heterocycles. The molecule has 0 spiro atoms. The molecule has 2 aliphatic rings. The minimum atomic E-state index is 0.147. The van der Waals surface area contributed by atoms with Gasteiger partial charge in [-0.15, -0.1) is 0 Å². The minimum absolute atomic E-state index is 0.147. The molecule has 0 radical (unpaired) electrons. The van der Waals surface area contributed by atoms with E-state index in [-0.39, 0.29) is 17.7 Å². The van der Waals surface area contributed by atoms with E-state index in [1.807, 2.05) is 41.0 Å². The summed E-state index contributed by atoms with van der Waals surface area (Å²) >= 11 is 0. The molecular weight excluding hydrogens is 278 g/mol. The molecule has 0 unspecified atom stereocenters. The Hall–Kier alpha value is -1.88. The first-order chi connectivity index (χ1) is 10.6. The molecule has 2 amide bonds. The van der Waals surface area contributed by atoms with Gasteiger partial charge in [0.15, 0.2) is 0 Å². The number of nitrogens with zero attached hydrogens (tertiary/aromatic N) is 2. The van der Waals surface area contributed by atoms with Gasteiger partial charge in [0.05, 0.1) is 12.3 Å². The molecule has 1 aromatic rings. The average Bonchev–Trinajstić information content (AvgIpc) is 2.48. The normalized spacial score (nSPS) is 19.0. The smallest absolute Gasteiger partial charge is 0.228 e. The van der Waals surface area contributed by atoms with Gasteiger partial charge in [-0.05, 0) is 18.1 Å². The summed E-state index contributed by atoms with van der Waals surface area (Å²) in [6.07, 6.45) is 0.452. The first kappa shape index (κ1) is 15.0. The topological polar surface area (TPSA) is 52.7 Å². The number of nitrogens with one attached hydrogen (secondary N) is 1. The van der Waals surface area contributed by atoms with Crippen LogP contribution in [0.15, 0.2) is 24.3 Å². The maximum atomic E-state index is 12.4. The van der Waals surface area contributed by atoms with Crippen LogP contribution in [0.2, 0.25) is 0 Å². The SMILES string of the molecule is Cc1ccccc1CC(=O)N1CCN(C(=O)C2CNC2)CC1. The molecule has 118 valence electrons. The van der Waals surface area contributed by atoms with Gasteiger partial charge in [-0.1, -0.05) is 24.3 Å². The molecule has 2 saturated heterocycles. The minimum Gasteiger partial charge on any atom is -0.339 e. The third kappa shape index (κ3) is 3.14. The van der Waals surface area contributed by atoms with Crippen LogP contribution in [-0.4, -0.2) is 60.9 Å². The van der Waals surface area contributed by atoms with Gasteiger partial charge in [0.1, 0.15) is 0 Å². The van der Waals surface area contributed by atoms with Crippen LogP contribution in [-0.2, 0) is 16.0 Å². The molecule has 2 heterocycles. The van der Waals surface area contributed by atoms with Crippen LogP contribution in [0.25, 0.3) is 0 Å². The lowest BCUT2D eigenvalue weighted by Gasteiger charge is -2.38. The van der Waals surface area contributed by atoms with Gasteiger partial charge in [-0.2, -0.15) is 0 Å². The average molecular weight is 301 g/mol. The fraction of sp³-hybridized carbons (Fsp3) is 0.529. The third-order valence-electron chi connectivity index (χ3n) is 4.68. The number of piperazine rings is 1. The Kier molecular flexibility index (Phi) is 4.43. The predicted molar refractivity (Wildman–Crippen MR) is 84.4 cm³/mol. The maximum Gasteiger partial charge on any atom is 0.228 e. The van der Waals surface area contributed by atoms with Gasteiger partial charge in [-0.25, -0.2) is 0 Å². The Labute approximate surface area is 131 Å². The number of carbonyl (C=O) groups is 2. The van der Waals surface area contributed by atoms with Crippen LogP contribution >= 0.6 is 0 Å². The first-order valence-corrected chi connectivity index (χ1v) is 7.97. The van der Waals surface area contributed by atoms with Crippen molar-refractivity contribution in [2.75, 3.05) is 39.3 Å². The highest BCUT2D eigenvalue weighted by Gasteiger charge is 2.31. The molecule has 0 atom stereocenters. The molecule has 0 bridgehead atoms. The summed E-state index contributed by atoms with van der Waals surface area (Å²) in [5.74, 6) is 0.547. The van der Waals surface area contributed by atoms with Crippen molar-refractivity contribution >= 4 is 11.8 Å². The molecule has 0 aromatic heterocycles. The highest BCUT2D eigenvalue weighted by atomic mass is 16.2. The summed E-state index contributed by atoms with van der Waals surface area (Å²) in [6.45, 7) is 6.25. The summed E-state index contributed by atoms with van der Waals surface area (Å²) in [5, 5.41) is 3.13. The van der Waals surface area contributed by atoms with Crippen LogP contribution in [0.3, 0.4) is 0 Å². The van der Waals surface area contributed by atoms with E-state index in [0.29, 0.717) is 32.6 Å². The lowest BCUT2D eigenvalue weighted by atomic mass is 10.0. The molecule has 0 saturated carbocycles. The number of benzene rings is 1. The second kappa shape index (κ2) is 6.48. The molecule has 2 fully saturated rings. The van der Waals surface area contributed by atoms with Crippen molar-refractivity contribution in [3.8, 4) is 0 Å². The van der Waals surface area contributed by atoms with Gasteiger partial charge in [0.2, 0.25) is 11.8 Å². The molecule has 3 rings (SSSR count). The van der Waals surface area contributed by atoms with Crippen LogP contribution in [0.4, 0.5) is 0 Å². The van der Waals surface area contributed by atoms with Crippen molar-refractivity contribution in [3.63, 3.8) is 0 Å². The van der Waals surface area contributed by atoms with Gasteiger partial charge >= 0.3 is 0 Å². The number of carbonyl (C=O) groups excluding carboxylic acids is 2. The van der Waals surface area contributed by atoms with E-state index in [1.165, 1.54) is 0 Å². The van der Waals surface area contributed by atoms with E-state index in [0.717, 1.165) is 24.2 Å². The number of hydrogen-bond donors (Lipinski definition) is 1. The zero-order valence-electron chi connectivity index (χ0n) is 13.0. The second-order valence-electron chi connectivity index (χ2n) is 6.16. The van der Waals surface area contributed by atoms with E-state index in [1.54, 1.807) is 0 Å². The third-order valence-corrected chi connectivity index (χ3v) is 4.68. The molecule has 1 aromatic carbocycles. The van der Waals surface area contributed by atoms with Gasteiger partial charge in [0, 0.05) is 39.3 Å². The lowest BCUT2D eigenvalue weighted by Crippen LogP contribution is -2.57. The van der Waals surface area contributed by atoms with Crippen molar-refractivity contribution in [2.24, 2.45) is 5.92 Å². The van der Waals surface area contributed by atoms with E-state index >= 15 is 0 Å². The van der Waals surface area contributed by atoms with E-state index < -0.39 is 0 Å². The fourth-order valence-electron chi connectivity index (χ4n) is 2.98. The molecule has 5 nitrogen and oxygen atoms in total. The molecule has 0 aliphatic carbocycles. The van der Waals surface area contributed by atoms with Crippen molar-refractivity contribution < 1.29 is 9.59 Å². The van der Waals surface area contributed by atoms with Crippen molar-refractivity contribution in [3.05, 3.63) is 35.4 Å². The number of amides is 2. The Morgan fingerprint density at radius 1 is 1.09 bits per heavy atom. The van der Waals surface area contributed by atoms with Crippen LogP contribution in [0.1, 0.15) is 11.1 Å². The van der Waals surface area contributed by atoms with Crippen LogP contribution in [0.5, 0.6) is 0 Å². The summed E-state index contributed by atoms with van der Waals surface area (Å²) in [5.41, 5.74) is 2.24. The fourth-order valence-corrected chi connectivity index (χ4v) is 2.98. The second-order valence-corrected chi connectivity index (χ2v) is 6.16. The Morgan fingerprint density at radius 2 is 1.73 bits per heavy atom. The Bertz CT molecular complexity index is 561. The molecule has 5 heteroatoms. The first-order valence-electron chi connectivity index (χ1n) is 7.97. The highest BCUT2D eigenvalue weighted by molar-refractivity contribution is 5.82. The van der Waals surface area contributed by atoms with Crippen molar-refractivity contribution in [1.29, 1.82) is 0 Å². The quantitative estimate of drug-likeness (QED) is 0.881. The molecule has 22 heavy (non-hydrogen) atoms. The largest absolute Gasteiger partial charge is 0.339 e. The monoisotopic (exact) mass is 301 g/mol. The number of aryl methyl sites for hydroxylation is 1. The van der Waals surface area contributed by atoms with E-state index in [9.17, 15) is 9.59 Å². The standard InChI is InChI=1S/C17H23N3O2/c1-13-4-2-3-5-14(13)10-16(21)19-6-8-20(9-7-19)17(22)15-11-18-12-15/h2-5,15,18H,6-12H2,1H3. The van der Waals surface area contributed by atoms with E-state index in [2.05, 4.69) is 5.32 Å². The maximum absolute atomic E-state index is 12.4. The summed E-state index contributed by atoms with van der Waals surface area (Å²) in [6, 6.07) is 8.00. The molecule has 1 N–H and O–H groups in total. The van der Waals surface area contributed by atoms with Crippen LogP contribution in [0, 0.1) is 12.8 Å². The molecular formula is C17H23N3O2. The van der Waals surface area contributed by atoms with Crippen molar-refractivity contribution in [1.82, 2.24) is 15.1 Å². The zero-order valence-corrected chi connectivity index (χ0v) is 13.0. The summed E-state index contributed by atoms with van der Waals surface area (Å²) < 4.78 is 0. The number of hydrogen-bond acceptors (Lipinski definition) is 3. The van der Waals surface area contributed by atoms with Crippen molar-refractivity contribution in [2.45, 2.75) is 13.3 Å². The number of rotatable bonds is 3. The van der Waals surface area contributed by atoms with Gasteiger partial charge in [-0.3, -0.25) is 9.59 Å². The summed E-state index contributed by atoms with van der Waals surface area (Å²) in [7, 11) is 0. The predicted octanol–water partition coefficient (Wildman–Crippen LogP) is 0.428. The Morgan fingerprint density at radius 3 is 2.32 bits per heavy atom. The van der Waals surface area contributed by atoms with Gasteiger partial charge < -0.3 is 15.1 Å².